The van der Waals surface area contributed by atoms with Gasteiger partial charge in [-0.05, 0) is 53.2 Å². The van der Waals surface area contributed by atoms with Gasteiger partial charge in [0.05, 0.1) is 0 Å². The highest BCUT2D eigenvalue weighted by Crippen LogP contribution is 2.08. The van der Waals surface area contributed by atoms with E-state index in [1.807, 2.05) is 0 Å². The van der Waals surface area contributed by atoms with Crippen LogP contribution in [0.3, 0.4) is 0 Å². The third kappa shape index (κ3) is 4.67. The smallest absolute Gasteiger partial charge is 0.0452 e. The summed E-state index contributed by atoms with van der Waals surface area (Å²) >= 11 is -4.22. The molecule has 0 saturated heterocycles. The number of hydrogen-bond acceptors (Lipinski definition) is 5. The molecule has 2 unspecified atom stereocenters. The lowest BCUT2D eigenvalue weighted by Crippen LogP contribution is -1.92. The van der Waals surface area contributed by atoms with Gasteiger partial charge in [0, 0.05) is 34.6 Å². The number of pyridine rings is 1. The van der Waals surface area contributed by atoms with Crippen LogP contribution in [0, 0.1) is 13.8 Å². The average Bonchev–Trinajstić information content (AvgIpc) is 2.76. The number of rotatable bonds is 2. The zero-order valence-corrected chi connectivity index (χ0v) is 11.9. The molecule has 2 rings (SSSR count). The molecular formula is C11H12N2O4S2-2. The van der Waals surface area contributed by atoms with E-state index >= 15 is 0 Å². The Hall–Kier alpha value is -1.35. The second-order valence-corrected chi connectivity index (χ2v) is 5.43. The van der Waals surface area contributed by atoms with Crippen LogP contribution in [0.4, 0.5) is 0 Å². The number of hydrogen-bond donors (Lipinski definition) is 1. The SMILES string of the molecule is Cc1c[nH]cc1S(=O)[O-].Cc1cnccc1S(=O)[O-]. The molecule has 6 nitrogen and oxygen atoms in total. The predicted octanol–water partition coefficient (Wildman–Crippen LogP) is 1.19. The van der Waals surface area contributed by atoms with Crippen molar-refractivity contribution in [2.45, 2.75) is 23.6 Å². The molecule has 0 saturated carbocycles. The normalized spacial score (nSPS) is 13.3. The number of H-pyrrole nitrogens is 1. The lowest BCUT2D eigenvalue weighted by atomic mass is 10.3. The Morgan fingerprint density at radius 3 is 2.00 bits per heavy atom. The fourth-order valence-electron chi connectivity index (χ4n) is 1.25. The minimum Gasteiger partial charge on any atom is -0.768 e. The quantitative estimate of drug-likeness (QED) is 0.838. The number of aromatic amines is 1. The molecule has 0 bridgehead atoms. The van der Waals surface area contributed by atoms with E-state index in [-0.39, 0.29) is 0 Å². The highest BCUT2D eigenvalue weighted by molar-refractivity contribution is 7.79. The van der Waals surface area contributed by atoms with Crippen LogP contribution >= 0.6 is 0 Å². The molecule has 0 aliphatic carbocycles. The first-order valence-corrected chi connectivity index (χ1v) is 7.31. The molecule has 2 aromatic heterocycles. The largest absolute Gasteiger partial charge is 0.768 e. The molecule has 2 heterocycles. The van der Waals surface area contributed by atoms with Crippen molar-refractivity contribution in [1.29, 1.82) is 0 Å². The lowest BCUT2D eigenvalue weighted by molar-refractivity contribution is 0.535. The highest BCUT2D eigenvalue weighted by Gasteiger charge is 1.96. The van der Waals surface area contributed by atoms with Gasteiger partial charge in [0.2, 0.25) is 0 Å². The van der Waals surface area contributed by atoms with Gasteiger partial charge in [0.1, 0.15) is 0 Å². The Morgan fingerprint density at radius 1 is 1.05 bits per heavy atom. The van der Waals surface area contributed by atoms with Gasteiger partial charge in [-0.25, -0.2) is 0 Å². The minimum atomic E-state index is -2.13. The summed E-state index contributed by atoms with van der Waals surface area (Å²) in [6, 6.07) is 1.47. The van der Waals surface area contributed by atoms with E-state index in [4.69, 9.17) is 0 Å². The Kier molecular flexibility index (Phi) is 6.03. The Morgan fingerprint density at radius 2 is 1.68 bits per heavy atom. The number of aryl methyl sites for hydroxylation is 2. The van der Waals surface area contributed by atoms with Crippen molar-refractivity contribution in [1.82, 2.24) is 9.97 Å². The van der Waals surface area contributed by atoms with Crippen LogP contribution in [-0.4, -0.2) is 27.5 Å². The summed E-state index contributed by atoms with van der Waals surface area (Å²) < 4.78 is 41.3. The Bertz CT molecular complexity index is 598. The van der Waals surface area contributed by atoms with Crippen molar-refractivity contribution in [3.05, 3.63) is 42.0 Å². The van der Waals surface area contributed by atoms with Crippen LogP contribution < -0.4 is 0 Å². The summed E-state index contributed by atoms with van der Waals surface area (Å²) in [6.45, 7) is 3.44. The number of nitrogens with zero attached hydrogens (tertiary/aromatic N) is 1. The zero-order valence-electron chi connectivity index (χ0n) is 10.3. The molecule has 0 radical (unpaired) electrons. The molecule has 8 heteroatoms. The van der Waals surface area contributed by atoms with Crippen molar-refractivity contribution in [2.24, 2.45) is 0 Å². The first-order chi connectivity index (χ1) is 8.93. The maximum absolute atomic E-state index is 10.4. The molecular weight excluding hydrogens is 288 g/mol. The Balaban J connectivity index is 0.000000191. The maximum Gasteiger partial charge on any atom is 0.0452 e. The van der Waals surface area contributed by atoms with E-state index in [1.165, 1.54) is 24.7 Å². The van der Waals surface area contributed by atoms with Gasteiger partial charge in [-0.15, -0.1) is 0 Å². The molecule has 0 aromatic carbocycles. The first-order valence-electron chi connectivity index (χ1n) is 5.16. The van der Waals surface area contributed by atoms with Gasteiger partial charge in [-0.1, -0.05) is 0 Å². The Labute approximate surface area is 115 Å². The van der Waals surface area contributed by atoms with Gasteiger partial charge >= 0.3 is 0 Å². The third-order valence-electron chi connectivity index (χ3n) is 2.23. The van der Waals surface area contributed by atoms with Crippen molar-refractivity contribution < 1.29 is 17.5 Å². The second kappa shape index (κ2) is 7.29. The molecule has 0 amide bonds. The van der Waals surface area contributed by atoms with E-state index in [2.05, 4.69) is 9.97 Å². The van der Waals surface area contributed by atoms with Crippen molar-refractivity contribution >= 4 is 22.2 Å². The molecule has 0 aliphatic rings. The first kappa shape index (κ1) is 15.7. The molecule has 104 valence electrons. The molecule has 0 spiro atoms. The average molecular weight is 300 g/mol. The van der Waals surface area contributed by atoms with Crippen LogP contribution in [0.1, 0.15) is 11.1 Å². The van der Waals surface area contributed by atoms with Gasteiger partial charge < -0.3 is 14.1 Å². The van der Waals surface area contributed by atoms with Gasteiger partial charge in [0.25, 0.3) is 0 Å². The van der Waals surface area contributed by atoms with Gasteiger partial charge in [-0.3, -0.25) is 13.4 Å². The summed E-state index contributed by atoms with van der Waals surface area (Å²) in [5.41, 5.74) is 1.43. The number of nitrogens with one attached hydrogen (secondary N) is 1. The molecule has 0 fully saturated rings. The fraction of sp³-hybridized carbons (Fsp3) is 0.182. The summed E-state index contributed by atoms with van der Waals surface area (Å²) in [6.07, 6.45) is 6.08. The predicted molar refractivity (Wildman–Crippen MR) is 68.9 cm³/mol. The standard InChI is InChI=1S/C6H7NO2S.C5H7NO2S/c1-5-4-7-3-2-6(5)10(8)9;1-4-2-6-3-5(4)9(7)8/h2-4H,1H3,(H,8,9);2-3,6H,1H3,(H,7,8)/p-2. The summed E-state index contributed by atoms with van der Waals surface area (Å²) in [7, 11) is 0. The van der Waals surface area contributed by atoms with E-state index in [0.717, 1.165) is 5.56 Å². The minimum absolute atomic E-state index is 0.315. The summed E-state index contributed by atoms with van der Waals surface area (Å²) in [5, 5.41) is 0. The van der Waals surface area contributed by atoms with Crippen LogP contribution in [0.5, 0.6) is 0 Å². The van der Waals surface area contributed by atoms with E-state index in [9.17, 15) is 17.5 Å². The highest BCUT2D eigenvalue weighted by atomic mass is 32.2. The van der Waals surface area contributed by atoms with E-state index < -0.39 is 22.2 Å². The monoisotopic (exact) mass is 300 g/mol. The second-order valence-electron chi connectivity index (χ2n) is 3.61. The molecule has 19 heavy (non-hydrogen) atoms. The maximum atomic E-state index is 10.4. The number of aromatic nitrogens is 2. The molecule has 2 aromatic rings. The van der Waals surface area contributed by atoms with Crippen molar-refractivity contribution in [3.63, 3.8) is 0 Å². The van der Waals surface area contributed by atoms with Crippen LogP contribution in [0.15, 0.2) is 40.6 Å². The van der Waals surface area contributed by atoms with E-state index in [0.29, 0.717) is 15.4 Å². The summed E-state index contributed by atoms with van der Waals surface area (Å²) in [4.78, 5) is 7.10. The van der Waals surface area contributed by atoms with E-state index in [1.54, 1.807) is 20.0 Å². The van der Waals surface area contributed by atoms with Crippen LogP contribution in [0.25, 0.3) is 0 Å². The van der Waals surface area contributed by atoms with Gasteiger partial charge in [-0.2, -0.15) is 0 Å². The van der Waals surface area contributed by atoms with Crippen LogP contribution in [-0.2, 0) is 22.2 Å². The topological polar surface area (TPSA) is 109 Å². The summed E-state index contributed by atoms with van der Waals surface area (Å²) in [5.74, 6) is 0. The van der Waals surface area contributed by atoms with Crippen molar-refractivity contribution in [3.8, 4) is 0 Å². The zero-order chi connectivity index (χ0) is 14.4. The fourth-order valence-corrected chi connectivity index (χ4v) is 2.23. The molecule has 1 N–H and O–H groups in total. The third-order valence-corrected chi connectivity index (χ3v) is 3.85. The molecule has 2 atom stereocenters. The lowest BCUT2D eigenvalue weighted by Gasteiger charge is -2.06. The molecule has 0 aliphatic heterocycles. The van der Waals surface area contributed by atoms with Crippen LogP contribution in [0.2, 0.25) is 0 Å². The van der Waals surface area contributed by atoms with Gasteiger partial charge in [0.15, 0.2) is 0 Å². The van der Waals surface area contributed by atoms with Crippen molar-refractivity contribution in [2.75, 3.05) is 0 Å².